The molecular formula is C16H15Cl2NO. The highest BCUT2D eigenvalue weighted by Gasteiger charge is 2.27. The Labute approximate surface area is 128 Å². The van der Waals surface area contributed by atoms with Gasteiger partial charge in [-0.3, -0.25) is 0 Å². The number of halogens is 2. The van der Waals surface area contributed by atoms with E-state index in [2.05, 4.69) is 17.4 Å². The van der Waals surface area contributed by atoms with Crippen LogP contribution in [-0.4, -0.2) is 17.8 Å². The Bertz CT molecular complexity index is 615. The third kappa shape index (κ3) is 2.57. The first-order chi connectivity index (χ1) is 9.69. The van der Waals surface area contributed by atoms with Crippen LogP contribution in [0.15, 0.2) is 42.5 Å². The summed E-state index contributed by atoms with van der Waals surface area (Å²) in [6, 6.07) is 14.1. The van der Waals surface area contributed by atoms with Crippen molar-refractivity contribution in [2.24, 2.45) is 0 Å². The molecule has 2 atom stereocenters. The maximum atomic E-state index is 9.48. The van der Waals surface area contributed by atoms with Gasteiger partial charge in [0.05, 0.1) is 22.7 Å². The van der Waals surface area contributed by atoms with Gasteiger partial charge in [0.2, 0.25) is 0 Å². The summed E-state index contributed by atoms with van der Waals surface area (Å²) in [5, 5.41) is 14.1. The van der Waals surface area contributed by atoms with Crippen LogP contribution in [0.2, 0.25) is 10.0 Å². The van der Waals surface area contributed by atoms with Crippen LogP contribution in [0, 0.1) is 0 Å². The highest BCUT2D eigenvalue weighted by atomic mass is 35.5. The van der Waals surface area contributed by atoms with Crippen LogP contribution in [0.5, 0.6) is 0 Å². The van der Waals surface area contributed by atoms with E-state index < -0.39 is 0 Å². The van der Waals surface area contributed by atoms with E-state index in [1.807, 2.05) is 30.3 Å². The van der Waals surface area contributed by atoms with Crippen molar-refractivity contribution < 1.29 is 5.11 Å². The van der Waals surface area contributed by atoms with E-state index in [1.54, 1.807) is 0 Å². The third-order valence-corrected chi connectivity index (χ3v) is 4.44. The molecule has 0 saturated carbocycles. The zero-order valence-corrected chi connectivity index (χ0v) is 12.3. The first-order valence-electron chi connectivity index (χ1n) is 6.58. The van der Waals surface area contributed by atoms with Gasteiger partial charge in [0.1, 0.15) is 0 Å². The minimum absolute atomic E-state index is 0.0324. The predicted octanol–water partition coefficient (Wildman–Crippen LogP) is 3.59. The van der Waals surface area contributed by atoms with Crippen molar-refractivity contribution in [1.29, 1.82) is 0 Å². The van der Waals surface area contributed by atoms with E-state index in [4.69, 9.17) is 23.2 Å². The number of nitrogens with one attached hydrogen (secondary N) is 1. The Kier molecular flexibility index (Phi) is 3.99. The molecule has 0 bridgehead atoms. The zero-order valence-electron chi connectivity index (χ0n) is 10.8. The van der Waals surface area contributed by atoms with Crippen molar-refractivity contribution in [1.82, 2.24) is 5.32 Å². The van der Waals surface area contributed by atoms with Crippen LogP contribution in [-0.2, 0) is 6.42 Å². The van der Waals surface area contributed by atoms with Crippen molar-refractivity contribution in [2.45, 2.75) is 18.5 Å². The molecule has 0 amide bonds. The molecule has 1 aliphatic rings. The monoisotopic (exact) mass is 307 g/mol. The van der Waals surface area contributed by atoms with Gasteiger partial charge in [-0.05, 0) is 35.2 Å². The van der Waals surface area contributed by atoms with E-state index in [0.717, 1.165) is 23.1 Å². The van der Waals surface area contributed by atoms with Gasteiger partial charge in [-0.15, -0.1) is 0 Å². The minimum Gasteiger partial charge on any atom is -0.395 e. The van der Waals surface area contributed by atoms with Gasteiger partial charge in [0, 0.05) is 6.04 Å². The first-order valence-corrected chi connectivity index (χ1v) is 7.34. The maximum Gasteiger partial charge on any atom is 0.0595 e. The van der Waals surface area contributed by atoms with Crippen LogP contribution < -0.4 is 5.32 Å². The summed E-state index contributed by atoms with van der Waals surface area (Å²) < 4.78 is 0. The third-order valence-electron chi connectivity index (χ3n) is 3.72. The van der Waals surface area contributed by atoms with Crippen molar-refractivity contribution in [3.8, 4) is 0 Å². The standard InChI is InChI=1S/C16H15Cl2NO/c17-14-7-11-6-12(9-20)19-16(13(11)8-15(14)18)10-4-2-1-3-5-10/h1-5,7-8,12,16,19-20H,6,9H2/t12-,16-/m0/s1. The highest BCUT2D eigenvalue weighted by Crippen LogP contribution is 2.35. The summed E-state index contributed by atoms with van der Waals surface area (Å²) in [5.74, 6) is 0. The summed E-state index contributed by atoms with van der Waals surface area (Å²) in [6.45, 7) is 0.100. The number of benzene rings is 2. The zero-order chi connectivity index (χ0) is 14.1. The Morgan fingerprint density at radius 2 is 1.80 bits per heavy atom. The highest BCUT2D eigenvalue weighted by molar-refractivity contribution is 6.42. The molecule has 20 heavy (non-hydrogen) atoms. The fourth-order valence-corrected chi connectivity index (χ4v) is 3.10. The van der Waals surface area contributed by atoms with Gasteiger partial charge in [-0.2, -0.15) is 0 Å². The lowest BCUT2D eigenvalue weighted by molar-refractivity contribution is 0.229. The molecule has 0 aromatic heterocycles. The van der Waals surface area contributed by atoms with E-state index in [1.165, 1.54) is 0 Å². The predicted molar refractivity (Wildman–Crippen MR) is 82.5 cm³/mol. The summed E-state index contributed by atoms with van der Waals surface area (Å²) in [7, 11) is 0. The Morgan fingerprint density at radius 1 is 1.10 bits per heavy atom. The molecule has 2 aromatic rings. The van der Waals surface area contributed by atoms with Crippen molar-refractivity contribution in [2.75, 3.05) is 6.61 Å². The molecule has 1 aliphatic heterocycles. The van der Waals surface area contributed by atoms with Gasteiger partial charge < -0.3 is 10.4 Å². The number of fused-ring (bicyclic) bond motifs is 1. The van der Waals surface area contributed by atoms with E-state index in [-0.39, 0.29) is 18.7 Å². The van der Waals surface area contributed by atoms with Gasteiger partial charge in [-0.1, -0.05) is 53.5 Å². The fraction of sp³-hybridized carbons (Fsp3) is 0.250. The first kappa shape index (κ1) is 13.9. The average Bonchev–Trinajstić information content (AvgIpc) is 2.48. The van der Waals surface area contributed by atoms with Crippen LogP contribution >= 0.6 is 23.2 Å². The second-order valence-electron chi connectivity index (χ2n) is 5.06. The molecule has 3 rings (SSSR count). The topological polar surface area (TPSA) is 32.3 Å². The smallest absolute Gasteiger partial charge is 0.0595 e. The summed E-state index contributed by atoms with van der Waals surface area (Å²) in [5.41, 5.74) is 3.44. The molecule has 0 unspecified atom stereocenters. The van der Waals surface area contributed by atoms with Gasteiger partial charge >= 0.3 is 0 Å². The SMILES string of the molecule is OC[C@@H]1Cc2cc(Cl)c(Cl)cc2[C@H](c2ccccc2)N1. The molecule has 0 saturated heterocycles. The van der Waals surface area contributed by atoms with Gasteiger partial charge in [0.15, 0.2) is 0 Å². The quantitative estimate of drug-likeness (QED) is 0.888. The van der Waals surface area contributed by atoms with Crippen LogP contribution in [0.3, 0.4) is 0 Å². The maximum absolute atomic E-state index is 9.48. The van der Waals surface area contributed by atoms with E-state index in [0.29, 0.717) is 10.0 Å². The summed E-state index contributed by atoms with van der Waals surface area (Å²) >= 11 is 12.3. The molecule has 4 heteroatoms. The molecule has 1 heterocycles. The van der Waals surface area contributed by atoms with Crippen LogP contribution in [0.1, 0.15) is 22.7 Å². The largest absolute Gasteiger partial charge is 0.395 e. The summed E-state index contributed by atoms with van der Waals surface area (Å²) in [6.07, 6.45) is 0.756. The number of hydrogen-bond acceptors (Lipinski definition) is 2. The molecule has 0 radical (unpaired) electrons. The Morgan fingerprint density at radius 3 is 2.50 bits per heavy atom. The Hall–Kier alpha value is -1.06. The number of hydrogen-bond donors (Lipinski definition) is 2. The number of rotatable bonds is 2. The lowest BCUT2D eigenvalue weighted by Crippen LogP contribution is -2.42. The van der Waals surface area contributed by atoms with Gasteiger partial charge in [-0.25, -0.2) is 0 Å². The van der Waals surface area contributed by atoms with Crippen molar-refractivity contribution in [3.63, 3.8) is 0 Å². The van der Waals surface area contributed by atoms with Crippen molar-refractivity contribution >= 4 is 23.2 Å². The molecule has 2 N–H and O–H groups in total. The lowest BCUT2D eigenvalue weighted by Gasteiger charge is -2.33. The molecule has 2 nitrogen and oxygen atoms in total. The normalized spacial score (nSPS) is 21.6. The van der Waals surface area contributed by atoms with Crippen LogP contribution in [0.25, 0.3) is 0 Å². The average molecular weight is 308 g/mol. The van der Waals surface area contributed by atoms with Gasteiger partial charge in [0.25, 0.3) is 0 Å². The minimum atomic E-state index is 0.0324. The molecular weight excluding hydrogens is 293 g/mol. The lowest BCUT2D eigenvalue weighted by atomic mass is 9.87. The summed E-state index contributed by atoms with van der Waals surface area (Å²) in [4.78, 5) is 0. The van der Waals surface area contributed by atoms with E-state index in [9.17, 15) is 5.11 Å². The molecule has 104 valence electrons. The fourth-order valence-electron chi connectivity index (χ4n) is 2.74. The van der Waals surface area contributed by atoms with E-state index >= 15 is 0 Å². The molecule has 0 aliphatic carbocycles. The van der Waals surface area contributed by atoms with Crippen LogP contribution in [0.4, 0.5) is 0 Å². The second kappa shape index (κ2) is 5.74. The molecule has 0 spiro atoms. The molecule has 0 fully saturated rings. The number of aliphatic hydroxyl groups is 1. The number of aliphatic hydroxyl groups excluding tert-OH is 1. The Balaban J connectivity index is 2.10. The molecule has 2 aromatic carbocycles. The van der Waals surface area contributed by atoms with Crippen molar-refractivity contribution in [3.05, 3.63) is 69.2 Å². The second-order valence-corrected chi connectivity index (χ2v) is 5.87.